The van der Waals surface area contributed by atoms with Gasteiger partial charge in [-0.1, -0.05) is 38.0 Å². The number of nitrogens with zero attached hydrogens (tertiary/aromatic N) is 1. The van der Waals surface area contributed by atoms with Gasteiger partial charge in [-0.25, -0.2) is 0 Å². The molecule has 7 nitrogen and oxygen atoms in total. The van der Waals surface area contributed by atoms with Crippen molar-refractivity contribution >= 4 is 29.3 Å². The molecule has 28 heavy (non-hydrogen) atoms. The van der Waals surface area contributed by atoms with Crippen molar-refractivity contribution in [1.29, 1.82) is 0 Å². The summed E-state index contributed by atoms with van der Waals surface area (Å²) in [7, 11) is 0. The van der Waals surface area contributed by atoms with Crippen LogP contribution in [-0.2, 0) is 25.6 Å². The zero-order valence-corrected chi connectivity index (χ0v) is 16.2. The van der Waals surface area contributed by atoms with Gasteiger partial charge in [-0.05, 0) is 30.9 Å². The Morgan fingerprint density at radius 2 is 1.68 bits per heavy atom. The standard InChI is InChI=1S/C21H27N3O4/c1-2-14-7-3-6-10-17(14)23-19(26)13-22-18(25)11-12-24-20(27)15-8-4-5-9-16(15)21(24)28/h3,6-7,10,15-16H,2,4-5,8-9,11-13H2,1H3,(H,22,25)(H,23,26)/t15-,16-/m1/s1. The lowest BCUT2D eigenvalue weighted by atomic mass is 9.81. The molecular weight excluding hydrogens is 358 g/mol. The first-order chi connectivity index (χ1) is 13.5. The number of hydrogen-bond donors (Lipinski definition) is 2. The van der Waals surface area contributed by atoms with Crippen LogP contribution in [0.5, 0.6) is 0 Å². The number of fused-ring (bicyclic) bond motifs is 1. The Bertz CT molecular complexity index is 753. The monoisotopic (exact) mass is 385 g/mol. The van der Waals surface area contributed by atoms with E-state index in [0.29, 0.717) is 0 Å². The summed E-state index contributed by atoms with van der Waals surface area (Å²) in [6.45, 7) is 1.94. The second-order valence-corrected chi connectivity index (χ2v) is 7.41. The fourth-order valence-electron chi connectivity index (χ4n) is 4.08. The summed E-state index contributed by atoms with van der Waals surface area (Å²) >= 11 is 0. The van der Waals surface area contributed by atoms with E-state index in [1.165, 1.54) is 4.90 Å². The molecule has 2 fully saturated rings. The predicted molar refractivity (Wildman–Crippen MR) is 104 cm³/mol. The first kappa shape index (κ1) is 20.0. The lowest BCUT2D eigenvalue weighted by molar-refractivity contribution is -0.140. The van der Waals surface area contributed by atoms with Gasteiger partial charge in [-0.15, -0.1) is 0 Å². The van der Waals surface area contributed by atoms with Crippen LogP contribution in [0.3, 0.4) is 0 Å². The highest BCUT2D eigenvalue weighted by Crippen LogP contribution is 2.37. The summed E-state index contributed by atoms with van der Waals surface area (Å²) in [6.07, 6.45) is 4.28. The van der Waals surface area contributed by atoms with Crippen LogP contribution in [0.4, 0.5) is 5.69 Å². The van der Waals surface area contributed by atoms with Crippen molar-refractivity contribution in [3.63, 3.8) is 0 Å². The number of amides is 4. The lowest BCUT2D eigenvalue weighted by Crippen LogP contribution is -2.37. The van der Waals surface area contributed by atoms with Crippen molar-refractivity contribution in [2.75, 3.05) is 18.4 Å². The number of nitrogens with one attached hydrogen (secondary N) is 2. The molecule has 1 aliphatic carbocycles. The summed E-state index contributed by atoms with van der Waals surface area (Å²) in [5.74, 6) is -1.35. The van der Waals surface area contributed by atoms with Crippen LogP contribution in [0.1, 0.15) is 44.6 Å². The number of rotatable bonds is 7. The van der Waals surface area contributed by atoms with Crippen LogP contribution >= 0.6 is 0 Å². The normalized spacial score (nSPS) is 21.4. The second-order valence-electron chi connectivity index (χ2n) is 7.41. The maximum Gasteiger partial charge on any atom is 0.243 e. The lowest BCUT2D eigenvalue weighted by Gasteiger charge is -2.19. The zero-order chi connectivity index (χ0) is 20.1. The van der Waals surface area contributed by atoms with E-state index in [2.05, 4.69) is 10.6 Å². The van der Waals surface area contributed by atoms with E-state index in [4.69, 9.17) is 0 Å². The molecule has 2 aliphatic rings. The Kier molecular flexibility index (Phi) is 6.44. The summed E-state index contributed by atoms with van der Waals surface area (Å²) in [5, 5.41) is 5.35. The van der Waals surface area contributed by atoms with E-state index in [1.807, 2.05) is 31.2 Å². The van der Waals surface area contributed by atoms with Crippen molar-refractivity contribution in [2.45, 2.75) is 45.4 Å². The summed E-state index contributed by atoms with van der Waals surface area (Å²) in [4.78, 5) is 50.2. The van der Waals surface area contributed by atoms with Crippen molar-refractivity contribution in [3.05, 3.63) is 29.8 Å². The smallest absolute Gasteiger partial charge is 0.243 e. The number of likely N-dealkylation sites (tertiary alicyclic amines) is 1. The third kappa shape index (κ3) is 4.40. The first-order valence-corrected chi connectivity index (χ1v) is 10.0. The average molecular weight is 385 g/mol. The maximum atomic E-state index is 12.4. The largest absolute Gasteiger partial charge is 0.347 e. The van der Waals surface area contributed by atoms with E-state index >= 15 is 0 Å². The number of imide groups is 1. The molecule has 1 saturated heterocycles. The van der Waals surface area contributed by atoms with Crippen LogP contribution in [0.2, 0.25) is 0 Å². The molecule has 0 aromatic heterocycles. The van der Waals surface area contributed by atoms with Gasteiger partial charge in [0.05, 0.1) is 18.4 Å². The Hall–Kier alpha value is -2.70. The van der Waals surface area contributed by atoms with E-state index in [1.54, 1.807) is 0 Å². The number of carbonyl (C=O) groups excluding carboxylic acids is 4. The quantitative estimate of drug-likeness (QED) is 0.701. The molecule has 0 bridgehead atoms. The van der Waals surface area contributed by atoms with Crippen LogP contribution in [-0.4, -0.2) is 41.6 Å². The molecule has 2 N–H and O–H groups in total. The first-order valence-electron chi connectivity index (χ1n) is 10.0. The van der Waals surface area contributed by atoms with Crippen molar-refractivity contribution in [1.82, 2.24) is 10.2 Å². The molecular formula is C21H27N3O4. The highest BCUT2D eigenvalue weighted by Gasteiger charge is 2.47. The van der Waals surface area contributed by atoms with Crippen molar-refractivity contribution in [3.8, 4) is 0 Å². The molecule has 1 saturated carbocycles. The molecule has 1 heterocycles. The minimum absolute atomic E-state index is 0.00967. The van der Waals surface area contributed by atoms with Gasteiger partial charge in [0.25, 0.3) is 0 Å². The molecule has 0 unspecified atom stereocenters. The molecule has 2 atom stereocenters. The minimum Gasteiger partial charge on any atom is -0.347 e. The van der Waals surface area contributed by atoms with Gasteiger partial charge in [0.1, 0.15) is 0 Å². The van der Waals surface area contributed by atoms with Gasteiger partial charge >= 0.3 is 0 Å². The van der Waals surface area contributed by atoms with E-state index in [9.17, 15) is 19.2 Å². The van der Waals surface area contributed by atoms with Gasteiger partial charge in [0.15, 0.2) is 0 Å². The van der Waals surface area contributed by atoms with Gasteiger partial charge in [0, 0.05) is 18.7 Å². The Balaban J connectivity index is 1.44. The van der Waals surface area contributed by atoms with E-state index < -0.39 is 0 Å². The molecule has 1 aromatic rings. The third-order valence-electron chi connectivity index (χ3n) is 5.61. The Morgan fingerprint density at radius 3 is 2.32 bits per heavy atom. The third-order valence-corrected chi connectivity index (χ3v) is 5.61. The number of aryl methyl sites for hydroxylation is 1. The molecule has 0 radical (unpaired) electrons. The van der Waals surface area contributed by atoms with Gasteiger partial charge in [-0.3, -0.25) is 24.1 Å². The molecule has 150 valence electrons. The SMILES string of the molecule is CCc1ccccc1NC(=O)CNC(=O)CCN1C(=O)[C@@H]2CCCC[C@H]2C1=O. The van der Waals surface area contributed by atoms with Crippen LogP contribution in [0, 0.1) is 11.8 Å². The van der Waals surface area contributed by atoms with Crippen LogP contribution in [0.15, 0.2) is 24.3 Å². The second kappa shape index (κ2) is 8.99. The van der Waals surface area contributed by atoms with Crippen LogP contribution in [0.25, 0.3) is 0 Å². The number of hydrogen-bond acceptors (Lipinski definition) is 4. The Morgan fingerprint density at radius 1 is 1.04 bits per heavy atom. The van der Waals surface area contributed by atoms with Gasteiger partial charge < -0.3 is 10.6 Å². The molecule has 3 rings (SSSR count). The number of benzene rings is 1. The van der Waals surface area contributed by atoms with Crippen LogP contribution < -0.4 is 10.6 Å². The maximum absolute atomic E-state index is 12.4. The fourth-order valence-corrected chi connectivity index (χ4v) is 4.08. The van der Waals surface area contributed by atoms with Crippen molar-refractivity contribution < 1.29 is 19.2 Å². The summed E-state index contributed by atoms with van der Waals surface area (Å²) < 4.78 is 0. The summed E-state index contributed by atoms with van der Waals surface area (Å²) in [6, 6.07) is 7.51. The van der Waals surface area contributed by atoms with E-state index in [-0.39, 0.29) is 55.0 Å². The molecule has 1 aromatic carbocycles. The average Bonchev–Trinajstić information content (AvgIpc) is 2.95. The van der Waals surface area contributed by atoms with Gasteiger partial charge in [-0.2, -0.15) is 0 Å². The predicted octanol–water partition coefficient (Wildman–Crippen LogP) is 1.87. The van der Waals surface area contributed by atoms with Gasteiger partial charge in [0.2, 0.25) is 23.6 Å². The highest BCUT2D eigenvalue weighted by atomic mass is 16.2. The molecule has 0 spiro atoms. The number of carbonyl (C=O) groups is 4. The highest BCUT2D eigenvalue weighted by molar-refractivity contribution is 6.05. The fraction of sp³-hybridized carbons (Fsp3) is 0.524. The number of anilines is 1. The topological polar surface area (TPSA) is 95.6 Å². The molecule has 7 heteroatoms. The molecule has 1 aliphatic heterocycles. The van der Waals surface area contributed by atoms with Crippen molar-refractivity contribution in [2.24, 2.45) is 11.8 Å². The summed E-state index contributed by atoms with van der Waals surface area (Å²) in [5.41, 5.74) is 1.76. The van der Waals surface area contributed by atoms with E-state index in [0.717, 1.165) is 43.4 Å². The molecule has 4 amide bonds. The number of para-hydroxylation sites is 1. The minimum atomic E-state index is -0.352. The Labute approximate surface area is 164 Å². The zero-order valence-electron chi connectivity index (χ0n) is 16.2.